The summed E-state index contributed by atoms with van der Waals surface area (Å²) in [4.78, 5) is 32.0. The van der Waals surface area contributed by atoms with Crippen molar-refractivity contribution < 1.29 is 19.1 Å². The number of piperazine rings is 1. The van der Waals surface area contributed by atoms with Crippen molar-refractivity contribution in [2.75, 3.05) is 33.0 Å². The first-order valence-electron chi connectivity index (χ1n) is 11.3. The molecule has 0 spiro atoms. The topological polar surface area (TPSA) is 62.3 Å². The Labute approximate surface area is 188 Å². The Morgan fingerprint density at radius 3 is 2.56 bits per heavy atom. The molecule has 2 aromatic rings. The van der Waals surface area contributed by atoms with Gasteiger partial charge in [-0.1, -0.05) is 35.9 Å². The van der Waals surface area contributed by atoms with Crippen molar-refractivity contribution in [2.45, 2.75) is 38.9 Å². The number of aryl methyl sites for hydroxylation is 1. The zero-order chi connectivity index (χ0) is 22.1. The van der Waals surface area contributed by atoms with Crippen LogP contribution in [-0.4, -0.2) is 65.5 Å². The molecule has 2 aromatic carbocycles. The third kappa shape index (κ3) is 4.30. The number of rotatable bonds is 5. The SMILES string of the molecule is Cc1cccc(CN2CCN(C(=O)C3CCC(=O)N3Cc3ccc4c(c3)OCO4)CC2)c1. The third-order valence-corrected chi connectivity index (χ3v) is 6.58. The summed E-state index contributed by atoms with van der Waals surface area (Å²) in [5.74, 6) is 1.53. The highest BCUT2D eigenvalue weighted by atomic mass is 16.7. The van der Waals surface area contributed by atoms with Crippen molar-refractivity contribution in [3.63, 3.8) is 0 Å². The molecule has 0 saturated carbocycles. The molecule has 0 bridgehead atoms. The van der Waals surface area contributed by atoms with Crippen LogP contribution in [0.1, 0.15) is 29.5 Å². The highest BCUT2D eigenvalue weighted by molar-refractivity contribution is 5.91. The molecule has 2 amide bonds. The van der Waals surface area contributed by atoms with Gasteiger partial charge in [0.1, 0.15) is 6.04 Å². The van der Waals surface area contributed by atoms with E-state index < -0.39 is 0 Å². The van der Waals surface area contributed by atoms with Crippen molar-refractivity contribution in [1.29, 1.82) is 0 Å². The average Bonchev–Trinajstić information content (AvgIpc) is 3.40. The molecule has 0 N–H and O–H groups in total. The minimum atomic E-state index is -0.378. The van der Waals surface area contributed by atoms with Gasteiger partial charge in [-0.05, 0) is 36.6 Å². The van der Waals surface area contributed by atoms with Crippen LogP contribution in [0.3, 0.4) is 0 Å². The lowest BCUT2D eigenvalue weighted by atomic mass is 10.1. The molecule has 0 aromatic heterocycles. The van der Waals surface area contributed by atoms with Crippen LogP contribution in [-0.2, 0) is 22.7 Å². The molecule has 3 heterocycles. The van der Waals surface area contributed by atoms with Gasteiger partial charge < -0.3 is 19.3 Å². The zero-order valence-corrected chi connectivity index (χ0v) is 18.5. The van der Waals surface area contributed by atoms with Gasteiger partial charge in [0.25, 0.3) is 0 Å². The van der Waals surface area contributed by atoms with Crippen LogP contribution in [0.25, 0.3) is 0 Å². The summed E-state index contributed by atoms with van der Waals surface area (Å²) in [6, 6.07) is 13.9. The van der Waals surface area contributed by atoms with Crippen LogP contribution in [0.5, 0.6) is 11.5 Å². The smallest absolute Gasteiger partial charge is 0.245 e. The first-order valence-corrected chi connectivity index (χ1v) is 11.3. The molecule has 2 saturated heterocycles. The van der Waals surface area contributed by atoms with Crippen molar-refractivity contribution in [2.24, 2.45) is 0 Å². The molecule has 5 rings (SSSR count). The molecule has 7 nitrogen and oxygen atoms in total. The summed E-state index contributed by atoms with van der Waals surface area (Å²) in [5, 5.41) is 0. The quantitative estimate of drug-likeness (QED) is 0.722. The van der Waals surface area contributed by atoms with E-state index in [9.17, 15) is 9.59 Å². The van der Waals surface area contributed by atoms with Gasteiger partial charge in [0.05, 0.1) is 0 Å². The van der Waals surface area contributed by atoms with Gasteiger partial charge in [-0.15, -0.1) is 0 Å². The van der Waals surface area contributed by atoms with E-state index >= 15 is 0 Å². The number of likely N-dealkylation sites (tertiary alicyclic amines) is 1. The van der Waals surface area contributed by atoms with Gasteiger partial charge in [-0.25, -0.2) is 0 Å². The predicted octanol–water partition coefficient (Wildman–Crippen LogP) is 2.56. The van der Waals surface area contributed by atoms with E-state index in [-0.39, 0.29) is 24.6 Å². The van der Waals surface area contributed by atoms with Crippen molar-refractivity contribution >= 4 is 11.8 Å². The van der Waals surface area contributed by atoms with E-state index in [1.807, 2.05) is 23.1 Å². The Morgan fingerprint density at radius 1 is 0.969 bits per heavy atom. The standard InChI is InChI=1S/C25H29N3O4/c1-18-3-2-4-19(13-18)15-26-9-11-27(12-10-26)25(30)21-6-8-24(29)28(21)16-20-5-7-22-23(14-20)32-17-31-22/h2-5,7,13-14,21H,6,8-12,15-17H2,1H3. The van der Waals surface area contributed by atoms with Crippen molar-refractivity contribution in [3.8, 4) is 11.5 Å². The maximum Gasteiger partial charge on any atom is 0.245 e. The number of hydrogen-bond donors (Lipinski definition) is 0. The number of nitrogens with zero attached hydrogens (tertiary/aromatic N) is 3. The Kier molecular flexibility index (Phi) is 5.74. The number of ether oxygens (including phenoxy) is 2. The summed E-state index contributed by atoms with van der Waals surface area (Å²) < 4.78 is 10.8. The maximum atomic E-state index is 13.3. The highest BCUT2D eigenvalue weighted by Gasteiger charge is 2.39. The monoisotopic (exact) mass is 435 g/mol. The molecular weight excluding hydrogens is 406 g/mol. The van der Waals surface area contributed by atoms with Gasteiger partial charge in [-0.2, -0.15) is 0 Å². The fourth-order valence-corrected chi connectivity index (χ4v) is 4.83. The van der Waals surface area contributed by atoms with Gasteiger partial charge >= 0.3 is 0 Å². The number of carbonyl (C=O) groups excluding carboxylic acids is 2. The van der Waals surface area contributed by atoms with E-state index in [1.165, 1.54) is 11.1 Å². The third-order valence-electron chi connectivity index (χ3n) is 6.58. The lowest BCUT2D eigenvalue weighted by Crippen LogP contribution is -2.53. The molecule has 3 aliphatic heterocycles. The number of fused-ring (bicyclic) bond motifs is 1. The van der Waals surface area contributed by atoms with Crippen LogP contribution < -0.4 is 9.47 Å². The Morgan fingerprint density at radius 2 is 1.75 bits per heavy atom. The van der Waals surface area contributed by atoms with E-state index in [2.05, 4.69) is 36.1 Å². The summed E-state index contributed by atoms with van der Waals surface area (Å²) >= 11 is 0. The number of carbonyl (C=O) groups is 2. The molecule has 168 valence electrons. The molecule has 32 heavy (non-hydrogen) atoms. The fourth-order valence-electron chi connectivity index (χ4n) is 4.83. The predicted molar refractivity (Wildman–Crippen MR) is 119 cm³/mol. The minimum absolute atomic E-state index is 0.0408. The van der Waals surface area contributed by atoms with E-state index in [0.717, 1.165) is 30.9 Å². The van der Waals surface area contributed by atoms with E-state index in [4.69, 9.17) is 9.47 Å². The molecule has 1 atom stereocenters. The largest absolute Gasteiger partial charge is 0.454 e. The lowest BCUT2D eigenvalue weighted by Gasteiger charge is -2.37. The van der Waals surface area contributed by atoms with Crippen molar-refractivity contribution in [3.05, 3.63) is 59.2 Å². The average molecular weight is 436 g/mol. The number of amides is 2. The van der Waals surface area contributed by atoms with Crippen LogP contribution in [0.2, 0.25) is 0 Å². The van der Waals surface area contributed by atoms with Crippen LogP contribution >= 0.6 is 0 Å². The molecule has 0 radical (unpaired) electrons. The Hall–Kier alpha value is -3.06. The summed E-state index contributed by atoms with van der Waals surface area (Å²) in [5.41, 5.74) is 3.52. The van der Waals surface area contributed by atoms with Gasteiger partial charge in [0.15, 0.2) is 11.5 Å². The summed E-state index contributed by atoms with van der Waals surface area (Å²) in [6.45, 7) is 6.75. The number of hydrogen-bond acceptors (Lipinski definition) is 5. The highest BCUT2D eigenvalue weighted by Crippen LogP contribution is 2.33. The Bertz CT molecular complexity index is 1020. The van der Waals surface area contributed by atoms with Gasteiger partial charge in [0.2, 0.25) is 18.6 Å². The molecule has 7 heteroatoms. The van der Waals surface area contributed by atoms with Crippen LogP contribution in [0.15, 0.2) is 42.5 Å². The van der Waals surface area contributed by atoms with E-state index in [1.54, 1.807) is 4.90 Å². The van der Waals surface area contributed by atoms with Gasteiger partial charge in [0, 0.05) is 45.7 Å². The summed E-state index contributed by atoms with van der Waals surface area (Å²) in [6.07, 6.45) is 1.01. The minimum Gasteiger partial charge on any atom is -0.454 e. The molecular formula is C25H29N3O4. The Balaban J connectivity index is 1.19. The van der Waals surface area contributed by atoms with E-state index in [0.29, 0.717) is 38.2 Å². The second-order valence-corrected chi connectivity index (χ2v) is 8.85. The normalized spacial score (nSPS) is 20.8. The van der Waals surface area contributed by atoms with Crippen molar-refractivity contribution in [1.82, 2.24) is 14.7 Å². The zero-order valence-electron chi connectivity index (χ0n) is 18.5. The van der Waals surface area contributed by atoms with Crippen LogP contribution in [0.4, 0.5) is 0 Å². The second-order valence-electron chi connectivity index (χ2n) is 8.85. The van der Waals surface area contributed by atoms with Gasteiger partial charge in [-0.3, -0.25) is 14.5 Å². The lowest BCUT2D eigenvalue weighted by molar-refractivity contribution is -0.143. The molecule has 1 unspecified atom stereocenters. The first kappa shape index (κ1) is 20.8. The fraction of sp³-hybridized carbons (Fsp3) is 0.440. The summed E-state index contributed by atoms with van der Waals surface area (Å²) in [7, 11) is 0. The first-order chi connectivity index (χ1) is 15.6. The second kappa shape index (κ2) is 8.82. The molecule has 2 fully saturated rings. The number of benzene rings is 2. The maximum absolute atomic E-state index is 13.3. The molecule has 0 aliphatic carbocycles. The molecule has 3 aliphatic rings. The van der Waals surface area contributed by atoms with Crippen LogP contribution in [0, 0.1) is 6.92 Å².